The topological polar surface area (TPSA) is 73.9 Å². The summed E-state index contributed by atoms with van der Waals surface area (Å²) in [5.41, 5.74) is 0.952. The fraction of sp³-hybridized carbons (Fsp3) is 0.556. The molecule has 0 fully saturated rings. The SMILES string of the molecule is COCCOC(=O)[C@@H](C)CCCCNC(=O)OCc1ccccc1. The van der Waals surface area contributed by atoms with E-state index >= 15 is 0 Å². The van der Waals surface area contributed by atoms with Crippen LogP contribution < -0.4 is 5.32 Å². The molecule has 6 nitrogen and oxygen atoms in total. The molecule has 0 aromatic heterocycles. The smallest absolute Gasteiger partial charge is 0.407 e. The zero-order valence-electron chi connectivity index (χ0n) is 14.5. The van der Waals surface area contributed by atoms with Crippen LogP contribution in [-0.2, 0) is 25.6 Å². The molecule has 6 heteroatoms. The molecule has 0 radical (unpaired) electrons. The van der Waals surface area contributed by atoms with Crippen molar-refractivity contribution in [2.24, 2.45) is 5.92 Å². The molecule has 134 valence electrons. The van der Waals surface area contributed by atoms with E-state index in [-0.39, 0.29) is 25.1 Å². The maximum atomic E-state index is 11.6. The molecular formula is C18H27NO5. The molecule has 0 aliphatic carbocycles. The van der Waals surface area contributed by atoms with Gasteiger partial charge in [-0.15, -0.1) is 0 Å². The number of rotatable bonds is 11. The minimum atomic E-state index is -0.425. The van der Waals surface area contributed by atoms with Gasteiger partial charge >= 0.3 is 12.1 Å². The number of hydrogen-bond acceptors (Lipinski definition) is 5. The summed E-state index contributed by atoms with van der Waals surface area (Å²) in [4.78, 5) is 23.2. The Balaban J connectivity index is 2.02. The van der Waals surface area contributed by atoms with Crippen LogP contribution in [0.3, 0.4) is 0 Å². The van der Waals surface area contributed by atoms with E-state index in [0.717, 1.165) is 24.8 Å². The maximum Gasteiger partial charge on any atom is 0.407 e. The van der Waals surface area contributed by atoms with Crippen LogP contribution in [0.2, 0.25) is 0 Å². The summed E-state index contributed by atoms with van der Waals surface area (Å²) in [7, 11) is 1.56. The van der Waals surface area contributed by atoms with Crippen LogP contribution >= 0.6 is 0 Å². The van der Waals surface area contributed by atoms with Crippen molar-refractivity contribution in [2.45, 2.75) is 32.8 Å². The van der Waals surface area contributed by atoms with Gasteiger partial charge in [0.05, 0.1) is 12.5 Å². The number of carbonyl (C=O) groups excluding carboxylic acids is 2. The van der Waals surface area contributed by atoms with Gasteiger partial charge in [0.25, 0.3) is 0 Å². The molecule has 0 spiro atoms. The zero-order valence-corrected chi connectivity index (χ0v) is 14.5. The Labute approximate surface area is 143 Å². The van der Waals surface area contributed by atoms with Crippen molar-refractivity contribution in [2.75, 3.05) is 26.9 Å². The zero-order chi connectivity index (χ0) is 17.6. The molecule has 0 aliphatic heterocycles. The van der Waals surface area contributed by atoms with E-state index in [4.69, 9.17) is 14.2 Å². The highest BCUT2D eigenvalue weighted by molar-refractivity contribution is 5.71. The Bertz CT molecular complexity index is 478. The first-order chi connectivity index (χ1) is 11.6. The Kier molecular flexibility index (Phi) is 10.3. The van der Waals surface area contributed by atoms with Crippen molar-refractivity contribution in [1.29, 1.82) is 0 Å². The second-order valence-electron chi connectivity index (χ2n) is 5.55. The summed E-state index contributed by atoms with van der Waals surface area (Å²) >= 11 is 0. The van der Waals surface area contributed by atoms with Crippen LogP contribution in [-0.4, -0.2) is 38.9 Å². The van der Waals surface area contributed by atoms with Gasteiger partial charge in [-0.2, -0.15) is 0 Å². The van der Waals surface area contributed by atoms with Crippen LogP contribution in [0.25, 0.3) is 0 Å². The molecule has 1 aromatic rings. The van der Waals surface area contributed by atoms with Crippen molar-refractivity contribution < 1.29 is 23.8 Å². The number of unbranched alkanes of at least 4 members (excludes halogenated alkanes) is 1. The first-order valence-corrected chi connectivity index (χ1v) is 8.23. The average molecular weight is 337 g/mol. The van der Waals surface area contributed by atoms with Crippen molar-refractivity contribution in [3.05, 3.63) is 35.9 Å². The Morgan fingerprint density at radius 1 is 1.08 bits per heavy atom. The standard InChI is InChI=1S/C18H27NO5/c1-15(17(20)23-13-12-22-2)8-6-7-11-19-18(21)24-14-16-9-4-3-5-10-16/h3-5,9-10,15H,6-8,11-14H2,1-2H3,(H,19,21)/t15-/m0/s1. The number of hydrogen-bond donors (Lipinski definition) is 1. The molecule has 0 saturated heterocycles. The van der Waals surface area contributed by atoms with Crippen LogP contribution in [0.5, 0.6) is 0 Å². The molecule has 0 bridgehead atoms. The monoisotopic (exact) mass is 337 g/mol. The number of carbonyl (C=O) groups is 2. The number of methoxy groups -OCH3 is 1. The third-order valence-electron chi connectivity index (χ3n) is 3.48. The summed E-state index contributed by atoms with van der Waals surface area (Å²) < 4.78 is 15.0. The summed E-state index contributed by atoms with van der Waals surface area (Å²) in [6, 6.07) is 9.52. The lowest BCUT2D eigenvalue weighted by Gasteiger charge is -2.11. The Morgan fingerprint density at radius 2 is 1.83 bits per heavy atom. The maximum absolute atomic E-state index is 11.6. The number of amides is 1. The van der Waals surface area contributed by atoms with E-state index in [1.807, 2.05) is 37.3 Å². The molecule has 0 saturated carbocycles. The van der Waals surface area contributed by atoms with Gasteiger partial charge in [0.15, 0.2) is 0 Å². The summed E-state index contributed by atoms with van der Waals surface area (Å²) in [6.07, 6.45) is 1.92. The number of esters is 1. The highest BCUT2D eigenvalue weighted by atomic mass is 16.6. The van der Waals surface area contributed by atoms with Gasteiger partial charge in [0.1, 0.15) is 13.2 Å². The van der Waals surface area contributed by atoms with Crippen molar-refractivity contribution >= 4 is 12.1 Å². The van der Waals surface area contributed by atoms with Gasteiger partial charge in [-0.3, -0.25) is 4.79 Å². The van der Waals surface area contributed by atoms with Gasteiger partial charge in [0, 0.05) is 13.7 Å². The predicted molar refractivity (Wildman–Crippen MR) is 90.5 cm³/mol. The molecule has 1 N–H and O–H groups in total. The second kappa shape index (κ2) is 12.4. The fourth-order valence-electron chi connectivity index (χ4n) is 2.03. The number of ether oxygens (including phenoxy) is 3. The molecule has 1 amide bonds. The Morgan fingerprint density at radius 3 is 2.54 bits per heavy atom. The third-order valence-corrected chi connectivity index (χ3v) is 3.48. The van der Waals surface area contributed by atoms with Crippen LogP contribution in [0.1, 0.15) is 31.7 Å². The minimum absolute atomic E-state index is 0.146. The predicted octanol–water partition coefficient (Wildman–Crippen LogP) is 2.91. The molecule has 0 unspecified atom stereocenters. The molecule has 0 heterocycles. The lowest BCUT2D eigenvalue weighted by molar-refractivity contribution is -0.149. The van der Waals surface area contributed by atoms with Gasteiger partial charge < -0.3 is 19.5 Å². The average Bonchev–Trinajstić information content (AvgIpc) is 2.60. The summed E-state index contributed by atoms with van der Waals surface area (Å²) in [6.45, 7) is 3.33. The molecule has 1 aromatic carbocycles. The van der Waals surface area contributed by atoms with E-state index in [9.17, 15) is 9.59 Å². The van der Waals surface area contributed by atoms with Gasteiger partial charge in [-0.25, -0.2) is 4.79 Å². The van der Waals surface area contributed by atoms with Crippen LogP contribution in [0.4, 0.5) is 4.79 Å². The van der Waals surface area contributed by atoms with E-state index < -0.39 is 6.09 Å². The molecular weight excluding hydrogens is 310 g/mol. The van der Waals surface area contributed by atoms with Crippen LogP contribution in [0, 0.1) is 5.92 Å². The van der Waals surface area contributed by atoms with Crippen molar-refractivity contribution in [1.82, 2.24) is 5.32 Å². The van der Waals surface area contributed by atoms with Gasteiger partial charge in [-0.05, 0) is 18.4 Å². The highest BCUT2D eigenvalue weighted by Gasteiger charge is 2.13. The number of nitrogens with one attached hydrogen (secondary N) is 1. The fourth-order valence-corrected chi connectivity index (χ4v) is 2.03. The largest absolute Gasteiger partial charge is 0.463 e. The van der Waals surface area contributed by atoms with Gasteiger partial charge in [0.2, 0.25) is 0 Å². The van der Waals surface area contributed by atoms with Crippen molar-refractivity contribution in [3.63, 3.8) is 0 Å². The highest BCUT2D eigenvalue weighted by Crippen LogP contribution is 2.09. The third kappa shape index (κ3) is 9.15. The summed E-state index contributed by atoms with van der Waals surface area (Å²) in [5.74, 6) is -0.353. The molecule has 1 rings (SSSR count). The lowest BCUT2D eigenvalue weighted by atomic mass is 10.0. The van der Waals surface area contributed by atoms with Gasteiger partial charge in [-0.1, -0.05) is 43.7 Å². The molecule has 24 heavy (non-hydrogen) atoms. The minimum Gasteiger partial charge on any atom is -0.463 e. The van der Waals surface area contributed by atoms with E-state index in [0.29, 0.717) is 13.2 Å². The van der Waals surface area contributed by atoms with E-state index in [1.54, 1.807) is 7.11 Å². The molecule has 1 atom stereocenters. The summed E-state index contributed by atoms with van der Waals surface area (Å²) in [5, 5.41) is 2.70. The number of alkyl carbamates (subject to hydrolysis) is 1. The van der Waals surface area contributed by atoms with E-state index in [1.165, 1.54) is 0 Å². The van der Waals surface area contributed by atoms with Crippen molar-refractivity contribution in [3.8, 4) is 0 Å². The Hall–Kier alpha value is -2.08. The first-order valence-electron chi connectivity index (χ1n) is 8.23. The number of benzene rings is 1. The van der Waals surface area contributed by atoms with Crippen LogP contribution in [0.15, 0.2) is 30.3 Å². The first kappa shape index (κ1) is 20.0. The normalized spacial score (nSPS) is 11.6. The molecule has 0 aliphatic rings. The second-order valence-corrected chi connectivity index (χ2v) is 5.55. The quantitative estimate of drug-likeness (QED) is 0.496. The lowest BCUT2D eigenvalue weighted by Crippen LogP contribution is -2.25. The van der Waals surface area contributed by atoms with E-state index in [2.05, 4.69) is 5.32 Å².